The highest BCUT2D eigenvalue weighted by atomic mass is 32.1. The first-order valence-electron chi connectivity index (χ1n) is 3.28. The van der Waals surface area contributed by atoms with Gasteiger partial charge in [0, 0.05) is 0 Å². The number of carboxylic acid groups (broad SMARTS) is 1. The molecule has 0 spiro atoms. The van der Waals surface area contributed by atoms with Gasteiger partial charge in [0.25, 0.3) is 0 Å². The molecule has 1 unspecified atom stereocenters. The molecule has 1 aromatic rings. The van der Waals surface area contributed by atoms with Crippen molar-refractivity contribution in [1.29, 1.82) is 0 Å². The van der Waals surface area contributed by atoms with E-state index in [4.69, 9.17) is 5.11 Å². The molecule has 12 heavy (non-hydrogen) atoms. The fourth-order valence-corrected chi connectivity index (χ4v) is 1.32. The Bertz CT molecular complexity index is 260. The van der Waals surface area contributed by atoms with Gasteiger partial charge in [0.05, 0.1) is 0 Å². The van der Waals surface area contributed by atoms with Crippen LogP contribution in [0.5, 0.6) is 0 Å². The molecule has 1 N–H and O–H groups in total. The lowest BCUT2D eigenvalue weighted by Crippen LogP contribution is -2.28. The predicted octanol–water partition coefficient (Wildman–Crippen LogP) is 0.225. The Balaban J connectivity index is 2.88. The summed E-state index contributed by atoms with van der Waals surface area (Å²) in [7, 11) is 3.36. The van der Waals surface area contributed by atoms with Crippen LogP contribution < -0.4 is 0 Å². The van der Waals surface area contributed by atoms with Crippen molar-refractivity contribution < 1.29 is 9.90 Å². The second-order valence-electron chi connectivity index (χ2n) is 2.49. The van der Waals surface area contributed by atoms with E-state index < -0.39 is 12.0 Å². The topological polar surface area (TPSA) is 66.3 Å². The lowest BCUT2D eigenvalue weighted by Gasteiger charge is -2.16. The van der Waals surface area contributed by atoms with Gasteiger partial charge in [-0.3, -0.25) is 9.69 Å². The quantitative estimate of drug-likeness (QED) is 0.733. The van der Waals surface area contributed by atoms with Gasteiger partial charge < -0.3 is 5.11 Å². The van der Waals surface area contributed by atoms with E-state index in [0.29, 0.717) is 5.82 Å². The fraction of sp³-hybridized carbons (Fsp3) is 0.500. The molecule has 0 amide bonds. The van der Waals surface area contributed by atoms with Gasteiger partial charge in [-0.1, -0.05) is 0 Å². The van der Waals surface area contributed by atoms with Crippen molar-refractivity contribution in [1.82, 2.24) is 14.3 Å². The van der Waals surface area contributed by atoms with Crippen LogP contribution in [0.4, 0.5) is 0 Å². The van der Waals surface area contributed by atoms with E-state index in [-0.39, 0.29) is 0 Å². The molecule has 1 heterocycles. The number of carbonyl (C=O) groups is 1. The Morgan fingerprint density at radius 3 is 2.75 bits per heavy atom. The first kappa shape index (κ1) is 9.08. The minimum Gasteiger partial charge on any atom is -0.480 e. The van der Waals surface area contributed by atoms with Gasteiger partial charge in [-0.2, -0.15) is 4.37 Å². The Hall–Kier alpha value is -1.01. The van der Waals surface area contributed by atoms with E-state index in [9.17, 15) is 4.79 Å². The van der Waals surface area contributed by atoms with Crippen LogP contribution in [0, 0.1) is 0 Å². The van der Waals surface area contributed by atoms with Crippen LogP contribution in [0.1, 0.15) is 11.9 Å². The molecule has 1 atom stereocenters. The van der Waals surface area contributed by atoms with Crippen LogP contribution in [0.15, 0.2) is 5.51 Å². The lowest BCUT2D eigenvalue weighted by atomic mass is 10.2. The molecule has 0 aliphatic rings. The monoisotopic (exact) mass is 187 g/mol. The van der Waals surface area contributed by atoms with E-state index in [2.05, 4.69) is 9.36 Å². The molecule has 1 rings (SSSR count). The summed E-state index contributed by atoms with van der Waals surface area (Å²) in [6.07, 6.45) is 0. The maximum absolute atomic E-state index is 10.7. The largest absolute Gasteiger partial charge is 0.480 e. The zero-order valence-electron chi connectivity index (χ0n) is 6.76. The normalized spacial score (nSPS) is 13.2. The zero-order chi connectivity index (χ0) is 9.14. The Kier molecular flexibility index (Phi) is 2.72. The molecule has 0 radical (unpaired) electrons. The summed E-state index contributed by atoms with van der Waals surface area (Å²) in [6, 6.07) is -0.740. The molecule has 0 aromatic carbocycles. The van der Waals surface area contributed by atoms with Gasteiger partial charge in [-0.05, 0) is 25.6 Å². The van der Waals surface area contributed by atoms with Crippen molar-refractivity contribution in [3.63, 3.8) is 0 Å². The smallest absolute Gasteiger partial charge is 0.328 e. The molecule has 6 heteroatoms. The van der Waals surface area contributed by atoms with Crippen molar-refractivity contribution in [2.75, 3.05) is 14.1 Å². The van der Waals surface area contributed by atoms with E-state index in [1.807, 2.05) is 0 Å². The molecule has 1 aromatic heterocycles. The molecule has 5 nitrogen and oxygen atoms in total. The molecule has 0 bridgehead atoms. The van der Waals surface area contributed by atoms with Crippen LogP contribution in [0.25, 0.3) is 0 Å². The van der Waals surface area contributed by atoms with Gasteiger partial charge in [0.2, 0.25) is 0 Å². The van der Waals surface area contributed by atoms with Crippen LogP contribution >= 0.6 is 11.5 Å². The summed E-state index contributed by atoms with van der Waals surface area (Å²) in [5, 5.41) is 8.80. The van der Waals surface area contributed by atoms with E-state index in [1.54, 1.807) is 19.0 Å². The third-order valence-corrected chi connectivity index (χ3v) is 1.87. The van der Waals surface area contributed by atoms with Gasteiger partial charge in [-0.25, -0.2) is 4.98 Å². The molecule has 0 fully saturated rings. The van der Waals surface area contributed by atoms with E-state index in [1.165, 1.54) is 5.51 Å². The summed E-state index contributed by atoms with van der Waals surface area (Å²) in [5.74, 6) is -0.587. The minimum absolute atomic E-state index is 0.345. The van der Waals surface area contributed by atoms with Crippen molar-refractivity contribution in [3.8, 4) is 0 Å². The molecule has 0 saturated carbocycles. The van der Waals surface area contributed by atoms with Crippen molar-refractivity contribution in [3.05, 3.63) is 11.3 Å². The first-order chi connectivity index (χ1) is 5.63. The molecular weight excluding hydrogens is 178 g/mol. The number of hydrogen-bond acceptors (Lipinski definition) is 5. The van der Waals surface area contributed by atoms with Gasteiger partial charge in [0.1, 0.15) is 5.51 Å². The number of rotatable bonds is 3. The highest BCUT2D eigenvalue weighted by Gasteiger charge is 2.25. The zero-order valence-corrected chi connectivity index (χ0v) is 7.58. The standard InChI is InChI=1S/C6H9N3O2S/c1-9(2)4(6(10)11)5-7-3-12-8-5/h3-4H,1-2H3,(H,10,11). The molecular formula is C6H9N3O2S. The molecule has 0 saturated heterocycles. The third kappa shape index (κ3) is 1.77. The number of carboxylic acids is 1. The Labute approximate surface area is 73.8 Å². The second kappa shape index (κ2) is 3.59. The number of hydrogen-bond donors (Lipinski definition) is 1. The van der Waals surface area contributed by atoms with Crippen LogP contribution in [0.3, 0.4) is 0 Å². The maximum atomic E-state index is 10.7. The van der Waals surface area contributed by atoms with Gasteiger partial charge in [0.15, 0.2) is 11.9 Å². The minimum atomic E-state index is -0.932. The van der Waals surface area contributed by atoms with Crippen LogP contribution in [0.2, 0.25) is 0 Å². The van der Waals surface area contributed by atoms with Gasteiger partial charge in [-0.15, -0.1) is 0 Å². The number of likely N-dealkylation sites (N-methyl/N-ethyl adjacent to an activating group) is 1. The summed E-state index contributed by atoms with van der Waals surface area (Å²) >= 11 is 1.15. The average Bonchev–Trinajstić information content (AvgIpc) is 2.37. The van der Waals surface area contributed by atoms with Crippen LogP contribution in [-0.4, -0.2) is 39.4 Å². The fourth-order valence-electron chi connectivity index (χ4n) is 0.861. The van der Waals surface area contributed by atoms with Crippen molar-refractivity contribution in [2.24, 2.45) is 0 Å². The Morgan fingerprint density at radius 2 is 2.42 bits per heavy atom. The summed E-state index contributed by atoms with van der Waals surface area (Å²) < 4.78 is 3.87. The van der Waals surface area contributed by atoms with Crippen LogP contribution in [-0.2, 0) is 4.79 Å². The number of aliphatic carboxylic acids is 1. The summed E-state index contributed by atoms with van der Waals surface area (Å²) in [5.41, 5.74) is 1.52. The molecule has 0 aliphatic heterocycles. The molecule has 66 valence electrons. The second-order valence-corrected chi connectivity index (χ2v) is 3.10. The van der Waals surface area contributed by atoms with E-state index in [0.717, 1.165) is 11.5 Å². The van der Waals surface area contributed by atoms with Crippen molar-refractivity contribution in [2.45, 2.75) is 6.04 Å². The third-order valence-electron chi connectivity index (χ3n) is 1.37. The first-order valence-corrected chi connectivity index (χ1v) is 4.12. The summed E-state index contributed by atoms with van der Waals surface area (Å²) in [6.45, 7) is 0. The van der Waals surface area contributed by atoms with Gasteiger partial charge >= 0.3 is 5.97 Å². The highest BCUT2D eigenvalue weighted by Crippen LogP contribution is 2.14. The van der Waals surface area contributed by atoms with Crippen molar-refractivity contribution >= 4 is 17.5 Å². The SMILES string of the molecule is CN(C)C(C(=O)O)c1ncsn1. The maximum Gasteiger partial charge on any atom is 0.328 e. The number of aromatic nitrogens is 2. The highest BCUT2D eigenvalue weighted by molar-refractivity contribution is 7.03. The predicted molar refractivity (Wildman–Crippen MR) is 44.0 cm³/mol. The molecule has 0 aliphatic carbocycles. The average molecular weight is 187 g/mol. The number of nitrogens with zero attached hydrogens (tertiary/aromatic N) is 3. The summed E-state index contributed by atoms with van der Waals surface area (Å²) in [4.78, 5) is 16.1. The van der Waals surface area contributed by atoms with E-state index >= 15 is 0 Å². The lowest BCUT2D eigenvalue weighted by molar-refractivity contribution is -0.142. The Morgan fingerprint density at radius 1 is 1.75 bits per heavy atom.